The van der Waals surface area contributed by atoms with Gasteiger partial charge >= 0.3 is 12.1 Å². The smallest absolute Gasteiger partial charge is 0.410 e. The van der Waals surface area contributed by atoms with Gasteiger partial charge in [-0.05, 0) is 45.0 Å². The molecular weight excluding hydrogens is 362 g/mol. The van der Waals surface area contributed by atoms with E-state index < -0.39 is 17.2 Å². The summed E-state index contributed by atoms with van der Waals surface area (Å²) in [5.41, 5.74) is 0.484. The molecule has 1 spiro atoms. The minimum atomic E-state index is -0.541. The van der Waals surface area contributed by atoms with Gasteiger partial charge in [0.05, 0.1) is 13.1 Å². The Bertz CT molecular complexity index is 880. The predicted octanol–water partition coefficient (Wildman–Crippen LogP) is 2.53. The number of likely N-dealkylation sites (tertiary alicyclic amines) is 1. The van der Waals surface area contributed by atoms with Gasteiger partial charge in [0, 0.05) is 24.2 Å². The zero-order valence-electron chi connectivity index (χ0n) is 16.2. The molecule has 0 aromatic heterocycles. The third kappa shape index (κ3) is 3.42. The maximum atomic E-state index is 12.1. The van der Waals surface area contributed by atoms with Crippen LogP contribution in [0.1, 0.15) is 32.8 Å². The molecule has 0 aliphatic carbocycles. The van der Waals surface area contributed by atoms with Crippen molar-refractivity contribution in [3.8, 4) is 5.75 Å². The summed E-state index contributed by atoms with van der Waals surface area (Å²) in [7, 11) is 0. The molecule has 3 aliphatic rings. The lowest BCUT2D eigenvalue weighted by Gasteiger charge is -2.49. The first-order valence-corrected chi connectivity index (χ1v) is 9.26. The number of nitrogens with one attached hydrogen (secondary N) is 1. The van der Waals surface area contributed by atoms with Gasteiger partial charge in [-0.3, -0.25) is 19.9 Å². The van der Waals surface area contributed by atoms with Crippen LogP contribution in [0.5, 0.6) is 5.75 Å². The molecule has 2 fully saturated rings. The van der Waals surface area contributed by atoms with Crippen LogP contribution in [-0.4, -0.2) is 53.8 Å². The quantitative estimate of drug-likeness (QED) is 0.803. The lowest BCUT2D eigenvalue weighted by atomic mass is 9.90. The van der Waals surface area contributed by atoms with E-state index in [9.17, 15) is 14.4 Å². The van der Waals surface area contributed by atoms with Crippen molar-refractivity contribution in [3.63, 3.8) is 0 Å². The first-order chi connectivity index (χ1) is 13.1. The predicted molar refractivity (Wildman–Crippen MR) is 102 cm³/mol. The highest BCUT2D eigenvalue weighted by molar-refractivity contribution is 6.05. The van der Waals surface area contributed by atoms with Gasteiger partial charge in [0.2, 0.25) is 5.91 Å². The summed E-state index contributed by atoms with van der Waals surface area (Å²) in [5, 5.41) is 2.32. The van der Waals surface area contributed by atoms with E-state index in [0.717, 1.165) is 5.56 Å². The third-order valence-electron chi connectivity index (χ3n) is 4.81. The number of carbonyl (C=O) groups is 3. The van der Waals surface area contributed by atoms with Crippen LogP contribution in [0.15, 0.2) is 24.3 Å². The second-order valence-electron chi connectivity index (χ2n) is 8.31. The van der Waals surface area contributed by atoms with Crippen LogP contribution in [0.3, 0.4) is 0 Å². The molecule has 8 nitrogen and oxygen atoms in total. The Hall–Kier alpha value is -3.03. The van der Waals surface area contributed by atoms with Crippen molar-refractivity contribution in [2.75, 3.05) is 24.5 Å². The van der Waals surface area contributed by atoms with Crippen LogP contribution in [-0.2, 0) is 9.53 Å². The Kier molecular flexibility index (Phi) is 4.10. The summed E-state index contributed by atoms with van der Waals surface area (Å²) in [4.78, 5) is 38.6. The number of urea groups is 1. The molecule has 4 amide bonds. The molecule has 0 atom stereocenters. The Morgan fingerprint density at radius 3 is 2.68 bits per heavy atom. The van der Waals surface area contributed by atoms with Crippen LogP contribution in [0.25, 0.3) is 6.08 Å². The number of carbonyl (C=O) groups excluding carboxylic acids is 3. The molecule has 3 aliphatic heterocycles. The van der Waals surface area contributed by atoms with Crippen LogP contribution in [0.2, 0.25) is 0 Å². The SMILES string of the molecule is CC(C)(C)OC(=O)N1CC2(C=Cc3cc(N4CCC(=O)NC4=O)ccc3O2)C1. The summed E-state index contributed by atoms with van der Waals surface area (Å²) in [6.45, 7) is 6.71. The van der Waals surface area contributed by atoms with E-state index in [1.807, 2.05) is 45.1 Å². The van der Waals surface area contributed by atoms with E-state index in [4.69, 9.17) is 9.47 Å². The second kappa shape index (κ2) is 6.25. The van der Waals surface area contributed by atoms with Gasteiger partial charge in [0.15, 0.2) is 5.60 Å². The van der Waals surface area contributed by atoms with E-state index in [2.05, 4.69) is 5.32 Å². The fourth-order valence-electron chi connectivity index (χ4n) is 3.46. The molecule has 0 unspecified atom stereocenters. The van der Waals surface area contributed by atoms with Crippen molar-refractivity contribution in [3.05, 3.63) is 29.8 Å². The summed E-state index contributed by atoms with van der Waals surface area (Å²) >= 11 is 0. The van der Waals surface area contributed by atoms with Crippen molar-refractivity contribution in [1.82, 2.24) is 10.2 Å². The zero-order valence-corrected chi connectivity index (χ0v) is 16.2. The number of rotatable bonds is 1. The van der Waals surface area contributed by atoms with Crippen molar-refractivity contribution in [2.24, 2.45) is 0 Å². The van der Waals surface area contributed by atoms with E-state index in [-0.39, 0.29) is 18.4 Å². The van der Waals surface area contributed by atoms with E-state index in [1.165, 1.54) is 4.90 Å². The summed E-state index contributed by atoms with van der Waals surface area (Å²) in [6, 6.07) is 5.06. The topological polar surface area (TPSA) is 88.2 Å². The van der Waals surface area contributed by atoms with Crippen molar-refractivity contribution >= 4 is 29.8 Å². The summed E-state index contributed by atoms with van der Waals surface area (Å²) < 4.78 is 11.5. The lowest BCUT2D eigenvalue weighted by molar-refractivity contribution is -0.120. The number of ether oxygens (including phenoxy) is 2. The molecule has 1 aromatic carbocycles. The Morgan fingerprint density at radius 2 is 2.00 bits per heavy atom. The molecule has 2 saturated heterocycles. The number of nitrogens with zero attached hydrogens (tertiary/aromatic N) is 2. The van der Waals surface area contributed by atoms with Crippen LogP contribution < -0.4 is 15.0 Å². The summed E-state index contributed by atoms with van der Waals surface area (Å²) in [5.74, 6) is 0.437. The highest BCUT2D eigenvalue weighted by Gasteiger charge is 2.48. The molecule has 3 heterocycles. The van der Waals surface area contributed by atoms with Gasteiger partial charge in [-0.25, -0.2) is 9.59 Å². The Morgan fingerprint density at radius 1 is 1.25 bits per heavy atom. The number of hydrogen-bond donors (Lipinski definition) is 1. The number of imide groups is 1. The average molecular weight is 385 g/mol. The molecule has 8 heteroatoms. The van der Waals surface area contributed by atoms with Crippen molar-refractivity contribution in [2.45, 2.75) is 38.4 Å². The van der Waals surface area contributed by atoms with Gasteiger partial charge in [-0.2, -0.15) is 0 Å². The van der Waals surface area contributed by atoms with E-state index in [0.29, 0.717) is 31.1 Å². The average Bonchev–Trinajstić information content (AvgIpc) is 2.57. The normalized spacial score (nSPS) is 20.2. The van der Waals surface area contributed by atoms with Gasteiger partial charge < -0.3 is 9.47 Å². The largest absolute Gasteiger partial charge is 0.479 e. The van der Waals surface area contributed by atoms with Gasteiger partial charge in [0.25, 0.3) is 0 Å². The number of amides is 4. The lowest BCUT2D eigenvalue weighted by Crippen LogP contribution is -2.66. The van der Waals surface area contributed by atoms with Crippen molar-refractivity contribution < 1.29 is 23.9 Å². The number of anilines is 1. The van der Waals surface area contributed by atoms with Gasteiger partial charge in [0.1, 0.15) is 11.4 Å². The first-order valence-electron chi connectivity index (χ1n) is 9.26. The molecule has 0 radical (unpaired) electrons. The minimum Gasteiger partial charge on any atom is -0.479 e. The minimum absolute atomic E-state index is 0.260. The molecular formula is C20H23N3O5. The number of benzene rings is 1. The summed E-state index contributed by atoms with van der Waals surface area (Å²) in [6.07, 6.45) is 3.82. The van der Waals surface area contributed by atoms with Crippen LogP contribution >= 0.6 is 0 Å². The number of hydrogen-bond acceptors (Lipinski definition) is 5. The van der Waals surface area contributed by atoms with Gasteiger partial charge in [-0.1, -0.05) is 6.08 Å². The fraction of sp³-hybridized carbons (Fsp3) is 0.450. The molecule has 1 aromatic rings. The highest BCUT2D eigenvalue weighted by atomic mass is 16.6. The highest BCUT2D eigenvalue weighted by Crippen LogP contribution is 2.38. The monoisotopic (exact) mass is 385 g/mol. The molecule has 0 saturated carbocycles. The molecule has 148 valence electrons. The maximum Gasteiger partial charge on any atom is 0.410 e. The molecule has 4 rings (SSSR count). The molecule has 28 heavy (non-hydrogen) atoms. The fourth-order valence-corrected chi connectivity index (χ4v) is 3.46. The zero-order chi connectivity index (χ0) is 20.1. The Labute approximate surface area is 163 Å². The molecule has 1 N–H and O–H groups in total. The van der Waals surface area contributed by atoms with Crippen molar-refractivity contribution in [1.29, 1.82) is 0 Å². The molecule has 0 bridgehead atoms. The van der Waals surface area contributed by atoms with E-state index in [1.54, 1.807) is 11.0 Å². The van der Waals surface area contributed by atoms with Crippen LogP contribution in [0, 0.1) is 0 Å². The third-order valence-corrected chi connectivity index (χ3v) is 4.81. The number of fused-ring (bicyclic) bond motifs is 1. The maximum absolute atomic E-state index is 12.1. The first kappa shape index (κ1) is 18.3. The standard InChI is InChI=1S/C20H23N3O5/c1-19(2,3)28-18(26)22-11-20(12-22)8-6-13-10-14(4-5-15(13)27-20)23-9-7-16(24)21-17(23)25/h4-6,8,10H,7,9,11-12H2,1-3H3,(H,21,24,25). The van der Waals surface area contributed by atoms with E-state index >= 15 is 0 Å². The van der Waals surface area contributed by atoms with Gasteiger partial charge in [-0.15, -0.1) is 0 Å². The second-order valence-corrected chi connectivity index (χ2v) is 8.31. The van der Waals surface area contributed by atoms with Crippen LogP contribution in [0.4, 0.5) is 15.3 Å². The Balaban J connectivity index is 1.44.